The van der Waals surface area contributed by atoms with E-state index in [1.807, 2.05) is 0 Å². The lowest BCUT2D eigenvalue weighted by atomic mass is 10.1. The first-order chi connectivity index (χ1) is 8.66. The van der Waals surface area contributed by atoms with Crippen LogP contribution in [0.1, 0.15) is 29.8 Å². The average molecular weight is 286 g/mol. The van der Waals surface area contributed by atoms with Gasteiger partial charge in [-0.2, -0.15) is 0 Å². The molecule has 0 bridgehead atoms. The minimum atomic E-state index is -0.114. The number of nitrogens with zero attached hydrogens (tertiary/aromatic N) is 2. The van der Waals surface area contributed by atoms with Crippen molar-refractivity contribution in [3.05, 3.63) is 23.9 Å². The first-order valence-corrected chi connectivity index (χ1v) is 6.26. The van der Waals surface area contributed by atoms with Crippen LogP contribution in [0.3, 0.4) is 0 Å². The first kappa shape index (κ1) is 15.7. The lowest BCUT2D eigenvalue weighted by molar-refractivity contribution is -0.000286. The topological polar surface area (TPSA) is 68.5 Å². The molecule has 2 heterocycles. The zero-order chi connectivity index (χ0) is 13.0. The lowest BCUT2D eigenvalue weighted by Gasteiger charge is -2.27. The predicted molar refractivity (Wildman–Crippen MR) is 76.4 cm³/mol. The third-order valence-corrected chi connectivity index (χ3v) is 3.09. The second-order valence-corrected chi connectivity index (χ2v) is 4.62. The number of halogens is 1. The number of nitrogens with two attached hydrogens (primary N) is 1. The van der Waals surface area contributed by atoms with Gasteiger partial charge in [-0.15, -0.1) is 12.4 Å². The van der Waals surface area contributed by atoms with Crippen molar-refractivity contribution < 1.29 is 9.53 Å². The van der Waals surface area contributed by atoms with E-state index in [0.717, 1.165) is 19.4 Å². The molecule has 19 heavy (non-hydrogen) atoms. The summed E-state index contributed by atoms with van der Waals surface area (Å²) in [6.07, 6.45) is 3.45. The van der Waals surface area contributed by atoms with Crippen LogP contribution in [0.25, 0.3) is 0 Å². The molecule has 2 N–H and O–H groups in total. The molecule has 5 nitrogen and oxygen atoms in total. The maximum atomic E-state index is 12.1. The minimum absolute atomic E-state index is 0. The van der Waals surface area contributed by atoms with Crippen LogP contribution in [-0.2, 0) is 4.74 Å². The van der Waals surface area contributed by atoms with Gasteiger partial charge in [-0.3, -0.25) is 4.79 Å². The second kappa shape index (κ2) is 7.31. The molecule has 1 amide bonds. The van der Waals surface area contributed by atoms with Gasteiger partial charge in [0.25, 0.3) is 5.91 Å². The van der Waals surface area contributed by atoms with Gasteiger partial charge in [-0.1, -0.05) is 6.07 Å². The molecule has 1 aliphatic rings. The fourth-order valence-corrected chi connectivity index (χ4v) is 2.11. The van der Waals surface area contributed by atoms with Gasteiger partial charge >= 0.3 is 0 Å². The van der Waals surface area contributed by atoms with Crippen LogP contribution in [0.4, 0.5) is 5.82 Å². The van der Waals surface area contributed by atoms with Gasteiger partial charge in [0, 0.05) is 20.2 Å². The fourth-order valence-electron chi connectivity index (χ4n) is 2.11. The molecular formula is C13H20ClN3O2. The van der Waals surface area contributed by atoms with Gasteiger partial charge in [0.1, 0.15) is 11.5 Å². The van der Waals surface area contributed by atoms with Gasteiger partial charge in [0.05, 0.1) is 6.10 Å². The third-order valence-electron chi connectivity index (χ3n) is 3.09. The average Bonchev–Trinajstić information content (AvgIpc) is 2.39. The molecule has 0 aromatic carbocycles. The Labute approximate surface area is 119 Å². The van der Waals surface area contributed by atoms with Crippen LogP contribution < -0.4 is 5.73 Å². The molecule has 1 aromatic heterocycles. The molecule has 6 heteroatoms. The molecule has 1 unspecified atom stereocenters. The summed E-state index contributed by atoms with van der Waals surface area (Å²) in [6, 6.07) is 5.08. The van der Waals surface area contributed by atoms with Crippen molar-refractivity contribution in [3.63, 3.8) is 0 Å². The number of carbonyl (C=O) groups excluding carboxylic acids is 1. The number of pyridine rings is 1. The summed E-state index contributed by atoms with van der Waals surface area (Å²) in [5, 5.41) is 0. The molecule has 1 saturated heterocycles. The monoisotopic (exact) mass is 285 g/mol. The van der Waals surface area contributed by atoms with Crippen molar-refractivity contribution >= 4 is 24.1 Å². The SMILES string of the molecule is CN(CC1CCCCO1)C(=O)c1cccc(N)n1.Cl. The first-order valence-electron chi connectivity index (χ1n) is 6.26. The number of aromatic nitrogens is 1. The summed E-state index contributed by atoms with van der Waals surface area (Å²) in [5.74, 6) is 0.250. The van der Waals surface area contributed by atoms with E-state index in [2.05, 4.69) is 4.98 Å². The van der Waals surface area contributed by atoms with Crippen LogP contribution in [0, 0.1) is 0 Å². The highest BCUT2D eigenvalue weighted by molar-refractivity contribution is 5.92. The fraction of sp³-hybridized carbons (Fsp3) is 0.538. The summed E-state index contributed by atoms with van der Waals surface area (Å²) < 4.78 is 5.62. The second-order valence-electron chi connectivity index (χ2n) is 4.62. The van der Waals surface area contributed by atoms with Crippen molar-refractivity contribution in [1.29, 1.82) is 0 Å². The highest BCUT2D eigenvalue weighted by atomic mass is 35.5. The Morgan fingerprint density at radius 1 is 1.53 bits per heavy atom. The Balaban J connectivity index is 0.00000180. The summed E-state index contributed by atoms with van der Waals surface area (Å²) >= 11 is 0. The number of rotatable bonds is 3. The predicted octanol–water partition coefficient (Wildman–Crippen LogP) is 1.73. The molecule has 0 radical (unpaired) electrons. The summed E-state index contributed by atoms with van der Waals surface area (Å²) in [5.41, 5.74) is 5.96. The van der Waals surface area contributed by atoms with Crippen LogP contribution in [0.2, 0.25) is 0 Å². The lowest BCUT2D eigenvalue weighted by Crippen LogP contribution is -2.37. The molecular weight excluding hydrogens is 266 g/mol. The number of nitrogen functional groups attached to an aromatic ring is 1. The number of amides is 1. The van der Waals surface area contributed by atoms with Gasteiger partial charge in [-0.25, -0.2) is 4.98 Å². The molecule has 0 spiro atoms. The summed E-state index contributed by atoms with van der Waals surface area (Å²) in [4.78, 5) is 17.8. The van der Waals surface area contributed by atoms with E-state index in [4.69, 9.17) is 10.5 Å². The Morgan fingerprint density at radius 3 is 2.95 bits per heavy atom. The van der Waals surface area contributed by atoms with Crippen LogP contribution in [-0.4, -0.2) is 42.1 Å². The van der Waals surface area contributed by atoms with Gasteiger partial charge < -0.3 is 15.4 Å². The number of hydrogen-bond donors (Lipinski definition) is 1. The van der Waals surface area contributed by atoms with E-state index in [9.17, 15) is 4.79 Å². The summed E-state index contributed by atoms with van der Waals surface area (Å²) in [6.45, 7) is 1.40. The molecule has 1 aromatic rings. The van der Waals surface area contributed by atoms with E-state index < -0.39 is 0 Å². The van der Waals surface area contributed by atoms with Crippen LogP contribution >= 0.6 is 12.4 Å². The standard InChI is InChI=1S/C13H19N3O2.ClH/c1-16(9-10-5-2-3-8-18-10)13(17)11-6-4-7-12(14)15-11;/h4,6-7,10H,2-3,5,8-9H2,1H3,(H2,14,15);1H. The minimum Gasteiger partial charge on any atom is -0.384 e. The maximum absolute atomic E-state index is 12.1. The van der Waals surface area contributed by atoms with Crippen molar-refractivity contribution in [2.75, 3.05) is 25.9 Å². The molecule has 0 saturated carbocycles. The van der Waals surface area contributed by atoms with Crippen molar-refractivity contribution in [2.24, 2.45) is 0 Å². The molecule has 2 rings (SSSR count). The maximum Gasteiger partial charge on any atom is 0.272 e. The molecule has 106 valence electrons. The largest absolute Gasteiger partial charge is 0.384 e. The highest BCUT2D eigenvalue weighted by Gasteiger charge is 2.20. The molecule has 1 fully saturated rings. The zero-order valence-corrected chi connectivity index (χ0v) is 11.9. The Morgan fingerprint density at radius 2 is 2.32 bits per heavy atom. The molecule has 1 aliphatic heterocycles. The van der Waals surface area contributed by atoms with Crippen molar-refractivity contribution in [2.45, 2.75) is 25.4 Å². The number of hydrogen-bond acceptors (Lipinski definition) is 4. The number of carbonyl (C=O) groups is 1. The Hall–Kier alpha value is -1.33. The van der Waals surface area contributed by atoms with Gasteiger partial charge in [0.15, 0.2) is 0 Å². The number of anilines is 1. The quantitative estimate of drug-likeness (QED) is 0.918. The van der Waals surface area contributed by atoms with E-state index in [1.165, 1.54) is 6.42 Å². The number of ether oxygens (including phenoxy) is 1. The smallest absolute Gasteiger partial charge is 0.272 e. The highest BCUT2D eigenvalue weighted by Crippen LogP contribution is 2.14. The van der Waals surface area contributed by atoms with Gasteiger partial charge in [0.2, 0.25) is 0 Å². The van der Waals surface area contributed by atoms with E-state index in [1.54, 1.807) is 30.1 Å². The van der Waals surface area contributed by atoms with E-state index in [0.29, 0.717) is 18.1 Å². The molecule has 0 aliphatic carbocycles. The third kappa shape index (κ3) is 4.36. The molecule has 1 atom stereocenters. The zero-order valence-electron chi connectivity index (χ0n) is 11.0. The van der Waals surface area contributed by atoms with E-state index >= 15 is 0 Å². The number of likely N-dealkylation sites (N-methyl/N-ethyl adjacent to an activating group) is 1. The van der Waals surface area contributed by atoms with Crippen molar-refractivity contribution in [3.8, 4) is 0 Å². The van der Waals surface area contributed by atoms with Gasteiger partial charge in [-0.05, 0) is 31.4 Å². The van der Waals surface area contributed by atoms with Crippen LogP contribution in [0.15, 0.2) is 18.2 Å². The Bertz CT molecular complexity index is 422. The Kier molecular flexibility index (Phi) is 6.05. The summed E-state index contributed by atoms with van der Waals surface area (Å²) in [7, 11) is 1.77. The van der Waals surface area contributed by atoms with Crippen LogP contribution in [0.5, 0.6) is 0 Å². The van der Waals surface area contributed by atoms with Crippen molar-refractivity contribution in [1.82, 2.24) is 9.88 Å². The normalized spacial score (nSPS) is 18.5. The van der Waals surface area contributed by atoms with E-state index in [-0.39, 0.29) is 24.4 Å².